The minimum atomic E-state index is -0.599. The Morgan fingerprint density at radius 3 is 2.50 bits per heavy atom. The van der Waals surface area contributed by atoms with Gasteiger partial charge in [-0.1, -0.05) is 6.07 Å². The minimum Gasteiger partial charge on any atom is -0.464 e. The van der Waals surface area contributed by atoms with E-state index in [1.54, 1.807) is 24.8 Å². The first-order chi connectivity index (χ1) is 13.3. The van der Waals surface area contributed by atoms with Gasteiger partial charge in [0.15, 0.2) is 5.78 Å². The average Bonchev–Trinajstić information content (AvgIpc) is 3.27. The number of methoxy groups -OCH3 is 1. The fraction of sp³-hybridized carbons (Fsp3) is 0.476. The van der Waals surface area contributed by atoms with Crippen molar-refractivity contribution in [3.05, 3.63) is 44.9 Å². The summed E-state index contributed by atoms with van der Waals surface area (Å²) in [6, 6.07) is 3.13. The predicted octanol–water partition coefficient (Wildman–Crippen LogP) is 3.85. The van der Waals surface area contributed by atoms with E-state index in [9.17, 15) is 14.4 Å². The van der Waals surface area contributed by atoms with E-state index in [0.717, 1.165) is 18.5 Å². The number of nitrogens with zero attached hydrogens (tertiary/aromatic N) is 2. The smallest absolute Gasteiger partial charge is 0.354 e. The van der Waals surface area contributed by atoms with Gasteiger partial charge in [0.05, 0.1) is 18.0 Å². The molecule has 2 aromatic rings. The van der Waals surface area contributed by atoms with Gasteiger partial charge in [0, 0.05) is 23.8 Å². The molecular formula is C21H26N2O4S. The van der Waals surface area contributed by atoms with Crippen LogP contribution in [0.25, 0.3) is 0 Å². The highest BCUT2D eigenvalue weighted by Gasteiger charge is 2.40. The van der Waals surface area contributed by atoms with Gasteiger partial charge in [0.25, 0.3) is 5.91 Å². The summed E-state index contributed by atoms with van der Waals surface area (Å²) in [5, 5.41) is 1.86. The highest BCUT2D eigenvalue weighted by Crippen LogP contribution is 2.33. The van der Waals surface area contributed by atoms with E-state index >= 15 is 0 Å². The summed E-state index contributed by atoms with van der Waals surface area (Å²) in [5.74, 6) is -0.691. The van der Waals surface area contributed by atoms with Crippen LogP contribution in [-0.4, -0.2) is 46.3 Å². The van der Waals surface area contributed by atoms with Crippen molar-refractivity contribution < 1.29 is 19.1 Å². The van der Waals surface area contributed by atoms with Crippen LogP contribution in [0.15, 0.2) is 17.5 Å². The Labute approximate surface area is 169 Å². The van der Waals surface area contributed by atoms with Crippen LogP contribution in [-0.2, 0) is 11.3 Å². The van der Waals surface area contributed by atoms with Crippen molar-refractivity contribution >= 4 is 29.0 Å². The number of carbonyl (C=O) groups excluding carboxylic acids is 3. The lowest BCUT2D eigenvalue weighted by Crippen LogP contribution is -2.44. The molecule has 0 saturated heterocycles. The van der Waals surface area contributed by atoms with Gasteiger partial charge >= 0.3 is 5.97 Å². The summed E-state index contributed by atoms with van der Waals surface area (Å²) in [6.45, 7) is 7.87. The lowest BCUT2D eigenvalue weighted by atomic mass is 9.99. The second kappa shape index (κ2) is 7.91. The van der Waals surface area contributed by atoms with Crippen LogP contribution >= 0.6 is 11.3 Å². The third-order valence-electron chi connectivity index (χ3n) is 5.41. The summed E-state index contributed by atoms with van der Waals surface area (Å²) in [6.07, 6.45) is 1.83. The van der Waals surface area contributed by atoms with Gasteiger partial charge in [0.1, 0.15) is 5.69 Å². The topological polar surface area (TPSA) is 68.6 Å². The molecular weight excluding hydrogens is 376 g/mol. The van der Waals surface area contributed by atoms with E-state index in [2.05, 4.69) is 0 Å². The minimum absolute atomic E-state index is 0.0995. The third kappa shape index (κ3) is 3.39. The number of Topliss-reactive ketones (excluding diaryl/α,β-unsaturated/α-hetero) is 1. The van der Waals surface area contributed by atoms with Crippen LogP contribution in [0.3, 0.4) is 0 Å². The van der Waals surface area contributed by atoms with Crippen molar-refractivity contribution in [2.24, 2.45) is 0 Å². The number of ketones is 1. The van der Waals surface area contributed by atoms with E-state index in [1.165, 1.54) is 18.4 Å². The maximum atomic E-state index is 13.5. The molecule has 0 spiro atoms. The van der Waals surface area contributed by atoms with Gasteiger partial charge in [-0.2, -0.15) is 0 Å². The van der Waals surface area contributed by atoms with Crippen molar-refractivity contribution in [3.8, 4) is 0 Å². The highest BCUT2D eigenvalue weighted by molar-refractivity contribution is 7.12. The molecule has 1 atom stereocenters. The lowest BCUT2D eigenvalue weighted by molar-refractivity contribution is 0.0586. The summed E-state index contributed by atoms with van der Waals surface area (Å²) < 4.78 is 6.73. The number of aromatic nitrogens is 1. The number of thiophene rings is 1. The zero-order valence-electron chi connectivity index (χ0n) is 16.9. The molecule has 6 nitrogen and oxygen atoms in total. The van der Waals surface area contributed by atoms with Crippen LogP contribution < -0.4 is 0 Å². The molecule has 0 bridgehead atoms. The standard InChI is InChI=1S/C21H26N2O4S/c1-6-22-13(3)17(12(2)18(22)21(26)27-5)19(24)14(4)23(15-9-10-15)20(25)16-8-7-11-28-16/h7-8,11,14-15H,6,9-10H2,1-5H3/t14-/m0/s1. The van der Waals surface area contributed by atoms with Crippen LogP contribution in [0.1, 0.15) is 68.5 Å². The first kappa shape index (κ1) is 20.3. The fourth-order valence-electron chi connectivity index (χ4n) is 3.89. The van der Waals surface area contributed by atoms with E-state index in [4.69, 9.17) is 4.74 Å². The molecule has 2 heterocycles. The number of carbonyl (C=O) groups is 3. The number of hydrogen-bond donors (Lipinski definition) is 0. The Morgan fingerprint density at radius 1 is 1.32 bits per heavy atom. The number of esters is 1. The molecule has 3 rings (SSSR count). The lowest BCUT2D eigenvalue weighted by Gasteiger charge is -2.28. The van der Waals surface area contributed by atoms with E-state index in [0.29, 0.717) is 28.2 Å². The van der Waals surface area contributed by atoms with Crippen LogP contribution in [0, 0.1) is 13.8 Å². The van der Waals surface area contributed by atoms with Gasteiger partial charge in [-0.05, 0) is 57.5 Å². The highest BCUT2D eigenvalue weighted by atomic mass is 32.1. The zero-order chi connectivity index (χ0) is 20.6. The summed E-state index contributed by atoms with van der Waals surface area (Å²) in [7, 11) is 1.34. The van der Waals surface area contributed by atoms with Crippen molar-refractivity contribution in [2.75, 3.05) is 7.11 Å². The first-order valence-corrected chi connectivity index (χ1v) is 10.4. The molecule has 0 unspecified atom stereocenters. The predicted molar refractivity (Wildman–Crippen MR) is 108 cm³/mol. The summed E-state index contributed by atoms with van der Waals surface area (Å²) in [4.78, 5) is 41.1. The Morgan fingerprint density at radius 2 is 2.00 bits per heavy atom. The number of amides is 1. The largest absolute Gasteiger partial charge is 0.464 e. The molecule has 1 aliphatic carbocycles. The quantitative estimate of drug-likeness (QED) is 0.521. The van der Waals surface area contributed by atoms with Crippen LogP contribution in [0.4, 0.5) is 0 Å². The first-order valence-electron chi connectivity index (χ1n) is 9.51. The average molecular weight is 403 g/mol. The molecule has 7 heteroatoms. The number of hydrogen-bond acceptors (Lipinski definition) is 5. The van der Waals surface area contributed by atoms with Gasteiger partial charge in [-0.15, -0.1) is 11.3 Å². The number of rotatable bonds is 7. The molecule has 1 saturated carbocycles. The normalized spacial score (nSPS) is 14.6. The van der Waals surface area contributed by atoms with Crippen LogP contribution in [0.2, 0.25) is 0 Å². The molecule has 0 aliphatic heterocycles. The monoisotopic (exact) mass is 402 g/mol. The van der Waals surface area contributed by atoms with Gasteiger partial charge in [0.2, 0.25) is 0 Å². The van der Waals surface area contributed by atoms with Gasteiger partial charge in [-0.3, -0.25) is 9.59 Å². The molecule has 0 aromatic carbocycles. The fourth-order valence-corrected chi connectivity index (χ4v) is 4.55. The molecule has 1 fully saturated rings. The Bertz CT molecular complexity index is 909. The molecule has 1 aliphatic rings. The maximum Gasteiger partial charge on any atom is 0.354 e. The van der Waals surface area contributed by atoms with Crippen molar-refractivity contribution in [1.82, 2.24) is 9.47 Å². The Hall–Kier alpha value is -2.41. The van der Waals surface area contributed by atoms with Crippen molar-refractivity contribution in [2.45, 2.75) is 59.2 Å². The van der Waals surface area contributed by atoms with Gasteiger partial charge in [-0.25, -0.2) is 4.79 Å². The van der Waals surface area contributed by atoms with Crippen LogP contribution in [0.5, 0.6) is 0 Å². The molecule has 0 N–H and O–H groups in total. The molecule has 2 aromatic heterocycles. The molecule has 1 amide bonds. The Kier molecular flexibility index (Phi) is 5.74. The molecule has 150 valence electrons. The zero-order valence-corrected chi connectivity index (χ0v) is 17.8. The second-order valence-corrected chi connectivity index (χ2v) is 8.08. The second-order valence-electron chi connectivity index (χ2n) is 7.13. The third-order valence-corrected chi connectivity index (χ3v) is 6.27. The van der Waals surface area contributed by atoms with E-state index in [-0.39, 0.29) is 17.7 Å². The van der Waals surface area contributed by atoms with Crippen molar-refractivity contribution in [3.63, 3.8) is 0 Å². The van der Waals surface area contributed by atoms with Gasteiger partial charge < -0.3 is 14.2 Å². The summed E-state index contributed by atoms with van der Waals surface area (Å²) >= 11 is 1.39. The molecule has 28 heavy (non-hydrogen) atoms. The maximum absolute atomic E-state index is 13.5. The summed E-state index contributed by atoms with van der Waals surface area (Å²) in [5.41, 5.74) is 2.26. The Balaban J connectivity index is 2.00. The SMILES string of the molecule is CCn1c(C)c(C(=O)[C@H](C)N(C(=O)c2cccs2)C2CC2)c(C)c1C(=O)OC. The molecule has 0 radical (unpaired) electrons. The van der Waals surface area contributed by atoms with E-state index < -0.39 is 12.0 Å². The van der Waals surface area contributed by atoms with E-state index in [1.807, 2.05) is 29.9 Å². The number of ether oxygens (including phenoxy) is 1. The van der Waals surface area contributed by atoms with Crippen molar-refractivity contribution in [1.29, 1.82) is 0 Å².